The number of benzene rings is 1. The molecule has 0 aliphatic carbocycles. The second kappa shape index (κ2) is 5.34. The van der Waals surface area contributed by atoms with Crippen molar-refractivity contribution in [3.63, 3.8) is 0 Å². The summed E-state index contributed by atoms with van der Waals surface area (Å²) in [5.74, 6) is -0.289. The topological polar surface area (TPSA) is 20.7 Å². The summed E-state index contributed by atoms with van der Waals surface area (Å²) in [6, 6.07) is 7.45. The zero-order chi connectivity index (χ0) is 15.2. The highest BCUT2D eigenvalue weighted by Gasteiger charge is 2.24. The van der Waals surface area contributed by atoms with Crippen LogP contribution in [0.3, 0.4) is 0 Å². The Morgan fingerprint density at radius 3 is 2.86 bits per heavy atom. The van der Waals surface area contributed by atoms with Gasteiger partial charge in [-0.2, -0.15) is 0 Å². The smallest absolute Gasteiger partial charge is 0.178 e. The molecule has 110 valence electrons. The van der Waals surface area contributed by atoms with E-state index in [0.717, 1.165) is 17.6 Å². The van der Waals surface area contributed by atoms with Crippen LogP contribution in [0, 0.1) is 10.6 Å². The fourth-order valence-electron chi connectivity index (χ4n) is 2.45. The molecule has 0 bridgehead atoms. The number of imidazole rings is 1. The zero-order valence-corrected chi connectivity index (χ0v) is 14.8. The van der Waals surface area contributed by atoms with Gasteiger partial charge in [-0.25, -0.2) is 4.39 Å². The average Bonchev–Trinajstić information content (AvgIpc) is 3.02. The van der Waals surface area contributed by atoms with E-state index < -0.39 is 0 Å². The Morgan fingerprint density at radius 2 is 2.19 bits per heavy atom. The summed E-state index contributed by atoms with van der Waals surface area (Å²) < 4.78 is 16.7. The number of H-pyrrole nitrogens is 1. The zero-order valence-electron chi connectivity index (χ0n) is 11.6. The van der Waals surface area contributed by atoms with E-state index in [-0.39, 0.29) is 11.2 Å². The van der Waals surface area contributed by atoms with Gasteiger partial charge in [0, 0.05) is 22.9 Å². The van der Waals surface area contributed by atoms with Gasteiger partial charge in [0.2, 0.25) is 0 Å². The predicted molar refractivity (Wildman–Crippen MR) is 92.1 cm³/mol. The number of halogens is 2. The van der Waals surface area contributed by atoms with E-state index in [2.05, 4.69) is 52.3 Å². The molecule has 0 fully saturated rings. The van der Waals surface area contributed by atoms with Gasteiger partial charge in [0.25, 0.3) is 0 Å². The van der Waals surface area contributed by atoms with Crippen molar-refractivity contribution >= 4 is 50.5 Å². The number of fused-ring (bicyclic) bond motifs is 1. The first-order valence-electron chi connectivity index (χ1n) is 6.50. The van der Waals surface area contributed by atoms with Crippen LogP contribution in [-0.4, -0.2) is 9.55 Å². The van der Waals surface area contributed by atoms with Crippen LogP contribution in [0.25, 0.3) is 11.0 Å². The van der Waals surface area contributed by atoms with Gasteiger partial charge >= 0.3 is 0 Å². The van der Waals surface area contributed by atoms with Crippen LogP contribution in [-0.2, 0) is 12.0 Å². The van der Waals surface area contributed by atoms with Gasteiger partial charge in [0.05, 0.1) is 15.5 Å². The van der Waals surface area contributed by atoms with Crippen LogP contribution in [0.15, 0.2) is 34.1 Å². The van der Waals surface area contributed by atoms with Crippen LogP contribution in [0.1, 0.15) is 18.7 Å². The fraction of sp³-hybridized carbons (Fsp3) is 0.267. The third kappa shape index (κ3) is 2.72. The Hall–Kier alpha value is -0.980. The summed E-state index contributed by atoms with van der Waals surface area (Å²) in [5, 5.41) is 2.08. The lowest BCUT2D eigenvalue weighted by atomic mass is 9.91. The largest absolute Gasteiger partial charge is 0.330 e. The molecule has 0 saturated heterocycles. The lowest BCUT2D eigenvalue weighted by molar-refractivity contribution is 0.447. The Bertz CT molecular complexity index is 847. The maximum atomic E-state index is 13.6. The molecule has 0 unspecified atom stereocenters. The van der Waals surface area contributed by atoms with Crippen molar-refractivity contribution in [2.75, 3.05) is 0 Å². The van der Waals surface area contributed by atoms with Gasteiger partial charge in [0.1, 0.15) is 5.82 Å². The number of hydrogen-bond acceptors (Lipinski definition) is 2. The molecule has 0 spiro atoms. The van der Waals surface area contributed by atoms with Gasteiger partial charge in [-0.1, -0.05) is 19.9 Å². The lowest BCUT2D eigenvalue weighted by Gasteiger charge is -2.24. The van der Waals surface area contributed by atoms with Gasteiger partial charge < -0.3 is 9.55 Å². The maximum Gasteiger partial charge on any atom is 0.178 e. The number of thiophene rings is 1. The van der Waals surface area contributed by atoms with Crippen LogP contribution < -0.4 is 0 Å². The third-order valence-corrected chi connectivity index (χ3v) is 5.72. The second-order valence-corrected chi connectivity index (χ2v) is 7.85. The minimum absolute atomic E-state index is 0.0393. The summed E-state index contributed by atoms with van der Waals surface area (Å²) in [6.45, 7) is 5.13. The Kier molecular flexibility index (Phi) is 3.80. The van der Waals surface area contributed by atoms with Crippen molar-refractivity contribution in [2.24, 2.45) is 0 Å². The summed E-state index contributed by atoms with van der Waals surface area (Å²) in [6.07, 6.45) is 0. The van der Waals surface area contributed by atoms with Crippen LogP contribution in [0.2, 0.25) is 0 Å². The third-order valence-electron chi connectivity index (χ3n) is 3.56. The number of aromatic nitrogens is 2. The van der Waals surface area contributed by atoms with Gasteiger partial charge in [-0.15, -0.1) is 11.3 Å². The molecule has 0 atom stereocenters. The second-order valence-electron chi connectivity index (χ2n) is 5.66. The van der Waals surface area contributed by atoms with Crippen molar-refractivity contribution in [2.45, 2.75) is 25.8 Å². The van der Waals surface area contributed by atoms with Crippen molar-refractivity contribution in [1.82, 2.24) is 9.55 Å². The predicted octanol–water partition coefficient (Wildman–Crippen LogP) is 5.64. The van der Waals surface area contributed by atoms with E-state index in [1.54, 1.807) is 17.4 Å². The molecule has 21 heavy (non-hydrogen) atoms. The summed E-state index contributed by atoms with van der Waals surface area (Å²) in [7, 11) is 0. The van der Waals surface area contributed by atoms with E-state index in [4.69, 9.17) is 12.2 Å². The Morgan fingerprint density at radius 1 is 1.43 bits per heavy atom. The molecule has 1 aromatic carbocycles. The molecule has 1 N–H and O–H groups in total. The Balaban J connectivity index is 2.11. The molecule has 3 aromatic rings. The molecule has 0 aliphatic rings. The number of hydrogen-bond donors (Lipinski definition) is 1. The first-order chi connectivity index (χ1) is 9.88. The van der Waals surface area contributed by atoms with E-state index in [1.165, 1.54) is 10.9 Å². The van der Waals surface area contributed by atoms with Crippen molar-refractivity contribution in [1.29, 1.82) is 0 Å². The van der Waals surface area contributed by atoms with E-state index in [9.17, 15) is 4.39 Å². The molecule has 0 saturated carbocycles. The monoisotopic (exact) mass is 384 g/mol. The number of aromatic amines is 1. The number of rotatable bonds is 3. The van der Waals surface area contributed by atoms with Crippen LogP contribution in [0.5, 0.6) is 0 Å². The molecular weight excluding hydrogens is 371 g/mol. The van der Waals surface area contributed by atoms with Crippen molar-refractivity contribution in [3.05, 3.63) is 49.6 Å². The fourth-order valence-corrected chi connectivity index (χ4v) is 3.89. The van der Waals surface area contributed by atoms with Crippen LogP contribution >= 0.6 is 39.5 Å². The summed E-state index contributed by atoms with van der Waals surface area (Å²) >= 11 is 10.4. The maximum absolute atomic E-state index is 13.6. The normalized spacial score (nSPS) is 12.2. The minimum Gasteiger partial charge on any atom is -0.330 e. The highest BCUT2D eigenvalue weighted by Crippen LogP contribution is 2.31. The van der Waals surface area contributed by atoms with Gasteiger partial charge in [0.15, 0.2) is 4.77 Å². The quantitative estimate of drug-likeness (QED) is 0.579. The molecule has 0 amide bonds. The summed E-state index contributed by atoms with van der Waals surface area (Å²) in [5.41, 5.74) is 1.60. The van der Waals surface area contributed by atoms with Crippen LogP contribution in [0.4, 0.5) is 4.39 Å². The number of nitrogens with one attached hydrogen (secondary N) is 1. The molecule has 3 rings (SSSR count). The first kappa shape index (κ1) is 14.9. The number of nitrogens with zero attached hydrogens (tertiary/aromatic N) is 1. The lowest BCUT2D eigenvalue weighted by Crippen LogP contribution is -2.23. The molecule has 2 heterocycles. The molecule has 2 nitrogen and oxygen atoms in total. The molecule has 6 heteroatoms. The van der Waals surface area contributed by atoms with E-state index >= 15 is 0 Å². The van der Waals surface area contributed by atoms with Crippen molar-refractivity contribution < 1.29 is 4.39 Å². The van der Waals surface area contributed by atoms with Gasteiger partial charge in [-0.05, 0) is 45.7 Å². The molecule has 0 radical (unpaired) electrons. The first-order valence-corrected chi connectivity index (χ1v) is 8.58. The van der Waals surface area contributed by atoms with Gasteiger partial charge in [-0.3, -0.25) is 0 Å². The van der Waals surface area contributed by atoms with Crippen molar-refractivity contribution in [3.8, 4) is 0 Å². The van der Waals surface area contributed by atoms with E-state index in [0.29, 0.717) is 9.24 Å². The minimum atomic E-state index is -0.289. The average molecular weight is 385 g/mol. The highest BCUT2D eigenvalue weighted by molar-refractivity contribution is 9.10. The van der Waals surface area contributed by atoms with E-state index in [1.807, 2.05) is 4.57 Å². The summed E-state index contributed by atoms with van der Waals surface area (Å²) in [4.78, 5) is 4.39. The molecule has 0 aliphatic heterocycles. The SMILES string of the molecule is CC(C)(Cn1c(=S)[nH]c2cc(F)c(Br)cc21)c1cccs1. The molecule has 2 aromatic heterocycles. The standard InChI is InChI=1S/C15H14BrFN2S2/c1-15(2,13-4-3-5-21-13)8-19-12-6-9(16)10(17)7-11(12)18-14(19)20/h3-7H,8H2,1-2H3,(H,18,20). The Labute approximate surface area is 139 Å². The highest BCUT2D eigenvalue weighted by atomic mass is 79.9. The molecular formula is C15H14BrFN2S2.